The van der Waals surface area contributed by atoms with Crippen LogP contribution in [0.5, 0.6) is 0 Å². The standard InChI is InChI=1S/C21H18N4O2/c26-20(24-14-15-5-9-22-10-6-15)17-7-11-23-18(13-17)21(27)25-12-8-16-3-1-2-4-19(16)25/h1-7,9-11,13H,8,12,14H2,(H,24,26). The number of anilines is 1. The summed E-state index contributed by atoms with van der Waals surface area (Å²) in [4.78, 5) is 35.2. The minimum Gasteiger partial charge on any atom is -0.348 e. The summed E-state index contributed by atoms with van der Waals surface area (Å²) in [5.41, 5.74) is 3.70. The SMILES string of the molecule is O=C(NCc1ccncc1)c1ccnc(C(=O)N2CCc3ccccc32)c1. The summed E-state index contributed by atoms with van der Waals surface area (Å²) < 4.78 is 0. The molecule has 1 aliphatic rings. The second kappa shape index (κ2) is 7.37. The molecule has 134 valence electrons. The second-order valence-electron chi connectivity index (χ2n) is 6.30. The number of nitrogens with zero attached hydrogens (tertiary/aromatic N) is 3. The quantitative estimate of drug-likeness (QED) is 0.778. The Morgan fingerprint density at radius 1 is 1.04 bits per heavy atom. The highest BCUT2D eigenvalue weighted by molar-refractivity contribution is 6.07. The molecule has 2 amide bonds. The van der Waals surface area contributed by atoms with Crippen LogP contribution in [0.4, 0.5) is 5.69 Å². The minimum absolute atomic E-state index is 0.191. The lowest BCUT2D eigenvalue weighted by Crippen LogP contribution is -2.30. The summed E-state index contributed by atoms with van der Waals surface area (Å²) in [6, 6.07) is 14.7. The average molecular weight is 358 g/mol. The summed E-state index contributed by atoms with van der Waals surface area (Å²) in [5.74, 6) is -0.436. The second-order valence-corrected chi connectivity index (χ2v) is 6.30. The molecule has 1 aliphatic heterocycles. The van der Waals surface area contributed by atoms with E-state index in [1.54, 1.807) is 29.4 Å². The van der Waals surface area contributed by atoms with Gasteiger partial charge < -0.3 is 10.2 Å². The maximum atomic E-state index is 12.9. The van der Waals surface area contributed by atoms with Gasteiger partial charge in [0.15, 0.2) is 0 Å². The van der Waals surface area contributed by atoms with Crippen molar-refractivity contribution in [2.45, 2.75) is 13.0 Å². The summed E-state index contributed by atoms with van der Waals surface area (Å²) in [7, 11) is 0. The van der Waals surface area contributed by atoms with E-state index in [9.17, 15) is 9.59 Å². The maximum absolute atomic E-state index is 12.9. The van der Waals surface area contributed by atoms with Gasteiger partial charge in [0.1, 0.15) is 5.69 Å². The molecule has 6 heteroatoms. The average Bonchev–Trinajstić information content (AvgIpc) is 3.16. The monoisotopic (exact) mass is 358 g/mol. The fraction of sp³-hybridized carbons (Fsp3) is 0.143. The number of fused-ring (bicyclic) bond motifs is 1. The molecule has 1 aromatic carbocycles. The van der Waals surface area contributed by atoms with Crippen molar-refractivity contribution in [3.05, 3.63) is 89.5 Å². The van der Waals surface area contributed by atoms with Crippen molar-refractivity contribution in [2.75, 3.05) is 11.4 Å². The molecule has 0 spiro atoms. The minimum atomic E-state index is -0.245. The van der Waals surface area contributed by atoms with Gasteiger partial charge in [-0.2, -0.15) is 0 Å². The van der Waals surface area contributed by atoms with Crippen LogP contribution in [0.2, 0.25) is 0 Å². The lowest BCUT2D eigenvalue weighted by atomic mass is 10.1. The summed E-state index contributed by atoms with van der Waals surface area (Å²) in [5, 5.41) is 2.85. The number of carbonyl (C=O) groups excluding carboxylic acids is 2. The molecule has 0 unspecified atom stereocenters. The topological polar surface area (TPSA) is 75.2 Å². The van der Waals surface area contributed by atoms with Crippen molar-refractivity contribution in [1.82, 2.24) is 15.3 Å². The van der Waals surface area contributed by atoms with Gasteiger partial charge in [-0.1, -0.05) is 18.2 Å². The summed E-state index contributed by atoms with van der Waals surface area (Å²) in [6.07, 6.45) is 5.68. The van der Waals surface area contributed by atoms with Crippen LogP contribution in [0.3, 0.4) is 0 Å². The molecule has 2 aromatic heterocycles. The van der Waals surface area contributed by atoms with Crippen molar-refractivity contribution in [3.63, 3.8) is 0 Å². The molecule has 0 radical (unpaired) electrons. The number of benzene rings is 1. The van der Waals surface area contributed by atoms with Gasteiger partial charge in [-0.15, -0.1) is 0 Å². The van der Waals surface area contributed by atoms with Crippen molar-refractivity contribution < 1.29 is 9.59 Å². The molecular formula is C21H18N4O2. The van der Waals surface area contributed by atoms with E-state index in [0.717, 1.165) is 23.2 Å². The predicted molar refractivity (Wildman–Crippen MR) is 101 cm³/mol. The van der Waals surface area contributed by atoms with Crippen molar-refractivity contribution in [2.24, 2.45) is 0 Å². The maximum Gasteiger partial charge on any atom is 0.276 e. The molecule has 0 fully saturated rings. The molecular weight excluding hydrogens is 340 g/mol. The van der Waals surface area contributed by atoms with Crippen LogP contribution in [0, 0.1) is 0 Å². The zero-order valence-corrected chi connectivity index (χ0v) is 14.6. The van der Waals surface area contributed by atoms with Gasteiger partial charge in [-0.05, 0) is 47.9 Å². The number of carbonyl (C=O) groups is 2. The number of aromatic nitrogens is 2. The first-order valence-corrected chi connectivity index (χ1v) is 8.75. The van der Waals surface area contributed by atoms with E-state index in [1.165, 1.54) is 6.20 Å². The van der Waals surface area contributed by atoms with E-state index >= 15 is 0 Å². The lowest BCUT2D eigenvalue weighted by molar-refractivity contribution is 0.0950. The van der Waals surface area contributed by atoms with Gasteiger partial charge in [0.25, 0.3) is 11.8 Å². The molecule has 1 N–H and O–H groups in total. The van der Waals surface area contributed by atoms with E-state index in [2.05, 4.69) is 15.3 Å². The van der Waals surface area contributed by atoms with Crippen LogP contribution in [0.1, 0.15) is 32.0 Å². The van der Waals surface area contributed by atoms with Crippen LogP contribution in [-0.2, 0) is 13.0 Å². The van der Waals surface area contributed by atoms with E-state index < -0.39 is 0 Å². The Morgan fingerprint density at radius 3 is 2.70 bits per heavy atom. The summed E-state index contributed by atoms with van der Waals surface area (Å²) in [6.45, 7) is 1.02. The molecule has 3 aromatic rings. The zero-order valence-electron chi connectivity index (χ0n) is 14.6. The van der Waals surface area contributed by atoms with Gasteiger partial charge in [0.05, 0.1) is 0 Å². The molecule has 0 saturated carbocycles. The van der Waals surface area contributed by atoms with Gasteiger partial charge in [0, 0.05) is 42.9 Å². The largest absolute Gasteiger partial charge is 0.348 e. The van der Waals surface area contributed by atoms with E-state index in [0.29, 0.717) is 18.7 Å². The van der Waals surface area contributed by atoms with Crippen LogP contribution >= 0.6 is 0 Å². The number of para-hydroxylation sites is 1. The van der Waals surface area contributed by atoms with Crippen LogP contribution in [0.25, 0.3) is 0 Å². The first-order chi connectivity index (χ1) is 13.2. The van der Waals surface area contributed by atoms with Crippen molar-refractivity contribution >= 4 is 17.5 Å². The highest BCUT2D eigenvalue weighted by atomic mass is 16.2. The lowest BCUT2D eigenvalue weighted by Gasteiger charge is -2.17. The highest BCUT2D eigenvalue weighted by Crippen LogP contribution is 2.28. The number of hydrogen-bond acceptors (Lipinski definition) is 4. The predicted octanol–water partition coefficient (Wildman–Crippen LogP) is 2.61. The zero-order chi connectivity index (χ0) is 18.6. The Balaban J connectivity index is 1.49. The summed E-state index contributed by atoms with van der Waals surface area (Å²) >= 11 is 0. The van der Waals surface area contributed by atoms with E-state index in [4.69, 9.17) is 0 Å². The molecule has 6 nitrogen and oxygen atoms in total. The Kier molecular flexibility index (Phi) is 4.61. The van der Waals surface area contributed by atoms with Crippen LogP contribution in [-0.4, -0.2) is 28.3 Å². The third-order valence-corrected chi connectivity index (χ3v) is 4.58. The Bertz CT molecular complexity index is 988. The van der Waals surface area contributed by atoms with Crippen molar-refractivity contribution in [1.29, 1.82) is 0 Å². The number of nitrogens with one attached hydrogen (secondary N) is 1. The molecule has 0 atom stereocenters. The number of rotatable bonds is 4. The number of pyridine rings is 2. The fourth-order valence-electron chi connectivity index (χ4n) is 3.16. The van der Waals surface area contributed by atoms with Gasteiger partial charge in [-0.3, -0.25) is 19.6 Å². The normalized spacial score (nSPS) is 12.5. The smallest absolute Gasteiger partial charge is 0.276 e. The Hall–Kier alpha value is -3.54. The fourth-order valence-corrected chi connectivity index (χ4v) is 3.16. The third kappa shape index (κ3) is 3.55. The number of hydrogen-bond donors (Lipinski definition) is 1. The van der Waals surface area contributed by atoms with Gasteiger partial charge in [-0.25, -0.2) is 0 Å². The Labute approximate surface area is 156 Å². The molecule has 0 saturated heterocycles. The first-order valence-electron chi connectivity index (χ1n) is 8.75. The van der Waals surface area contributed by atoms with Crippen molar-refractivity contribution in [3.8, 4) is 0 Å². The van der Waals surface area contributed by atoms with E-state index in [1.807, 2.05) is 36.4 Å². The van der Waals surface area contributed by atoms with E-state index in [-0.39, 0.29) is 17.5 Å². The first kappa shape index (κ1) is 16.9. The van der Waals surface area contributed by atoms with Gasteiger partial charge in [0.2, 0.25) is 0 Å². The van der Waals surface area contributed by atoms with Crippen LogP contribution in [0.15, 0.2) is 67.1 Å². The highest BCUT2D eigenvalue weighted by Gasteiger charge is 2.26. The van der Waals surface area contributed by atoms with Crippen LogP contribution < -0.4 is 10.2 Å². The molecule has 4 rings (SSSR count). The van der Waals surface area contributed by atoms with Gasteiger partial charge >= 0.3 is 0 Å². The number of amides is 2. The Morgan fingerprint density at radius 2 is 1.85 bits per heavy atom. The molecule has 3 heterocycles. The third-order valence-electron chi connectivity index (χ3n) is 4.58. The molecule has 0 aliphatic carbocycles. The molecule has 27 heavy (non-hydrogen) atoms. The molecule has 0 bridgehead atoms.